The Balaban J connectivity index is 2.20. The smallest absolute Gasteiger partial charge is 0.341 e. The van der Waals surface area contributed by atoms with Crippen molar-refractivity contribution >= 4 is 45.9 Å². The van der Waals surface area contributed by atoms with Crippen LogP contribution >= 0.6 is 23.1 Å². The number of anilines is 1. The Morgan fingerprint density at radius 1 is 1.23 bits per heavy atom. The molecule has 1 N–H and O–H groups in total. The Morgan fingerprint density at radius 2 is 1.93 bits per heavy atom. The molecule has 30 heavy (non-hydrogen) atoms. The second-order valence-electron chi connectivity index (χ2n) is 6.69. The summed E-state index contributed by atoms with van der Waals surface area (Å²) in [5.74, 6) is -0.162. The van der Waals surface area contributed by atoms with E-state index in [1.807, 2.05) is 11.5 Å². The number of nitrogens with zero attached hydrogens (tertiary/aromatic N) is 4. The summed E-state index contributed by atoms with van der Waals surface area (Å²) in [6.07, 6.45) is 1.70. The van der Waals surface area contributed by atoms with Crippen LogP contribution in [0.15, 0.2) is 5.16 Å². The van der Waals surface area contributed by atoms with Crippen molar-refractivity contribution in [2.75, 3.05) is 32.3 Å². The molecule has 2 amide bonds. The van der Waals surface area contributed by atoms with Crippen molar-refractivity contribution in [1.29, 1.82) is 0 Å². The molecule has 9 nitrogen and oxygen atoms in total. The monoisotopic (exact) mass is 453 g/mol. The summed E-state index contributed by atoms with van der Waals surface area (Å²) >= 11 is 2.35. The third kappa shape index (κ3) is 5.20. The fourth-order valence-corrected chi connectivity index (χ4v) is 4.80. The zero-order chi connectivity index (χ0) is 22.4. The molecule has 11 heteroatoms. The van der Waals surface area contributed by atoms with Crippen LogP contribution in [-0.4, -0.2) is 64.4 Å². The summed E-state index contributed by atoms with van der Waals surface area (Å²) in [4.78, 5) is 39.1. The quantitative estimate of drug-likeness (QED) is 0.460. The van der Waals surface area contributed by atoms with Crippen LogP contribution in [0.5, 0.6) is 0 Å². The van der Waals surface area contributed by atoms with E-state index in [1.54, 1.807) is 21.0 Å². The highest BCUT2D eigenvalue weighted by molar-refractivity contribution is 7.99. The van der Waals surface area contributed by atoms with Crippen LogP contribution in [0.25, 0.3) is 0 Å². The van der Waals surface area contributed by atoms with E-state index in [9.17, 15) is 14.4 Å². The van der Waals surface area contributed by atoms with Crippen molar-refractivity contribution in [3.63, 3.8) is 0 Å². The largest absolute Gasteiger partial charge is 0.465 e. The number of aromatic nitrogens is 3. The second kappa shape index (κ2) is 10.6. The van der Waals surface area contributed by atoms with Gasteiger partial charge in [-0.15, -0.1) is 21.5 Å². The lowest BCUT2D eigenvalue weighted by atomic mass is 10.1. The Kier molecular flexibility index (Phi) is 8.42. The molecule has 0 aliphatic heterocycles. The molecule has 0 radical (unpaired) electrons. The number of methoxy groups -OCH3 is 1. The molecule has 0 saturated heterocycles. The first kappa shape index (κ1) is 23.9. The van der Waals surface area contributed by atoms with Gasteiger partial charge in [-0.25, -0.2) is 4.79 Å². The van der Waals surface area contributed by atoms with Crippen LogP contribution in [0.3, 0.4) is 0 Å². The number of thiophene rings is 1. The van der Waals surface area contributed by atoms with Crippen molar-refractivity contribution < 1.29 is 19.1 Å². The number of hydrogen-bond acceptors (Lipinski definition) is 8. The van der Waals surface area contributed by atoms with E-state index in [-0.39, 0.29) is 23.1 Å². The maximum atomic E-state index is 12.6. The predicted molar refractivity (Wildman–Crippen MR) is 117 cm³/mol. The van der Waals surface area contributed by atoms with Gasteiger partial charge in [0, 0.05) is 27.1 Å². The molecule has 0 bridgehead atoms. The van der Waals surface area contributed by atoms with E-state index in [1.165, 1.54) is 23.8 Å². The van der Waals surface area contributed by atoms with Crippen molar-refractivity contribution in [2.45, 2.75) is 45.3 Å². The highest BCUT2D eigenvalue weighted by Gasteiger charge is 2.27. The predicted octanol–water partition coefficient (Wildman–Crippen LogP) is 2.84. The minimum absolute atomic E-state index is 0.0973. The van der Waals surface area contributed by atoms with Crippen molar-refractivity contribution in [1.82, 2.24) is 19.7 Å². The van der Waals surface area contributed by atoms with E-state index in [4.69, 9.17) is 4.74 Å². The molecule has 0 spiro atoms. The van der Waals surface area contributed by atoms with Gasteiger partial charge in [-0.1, -0.05) is 25.6 Å². The van der Waals surface area contributed by atoms with Gasteiger partial charge in [0.05, 0.1) is 23.3 Å². The molecule has 0 saturated carbocycles. The van der Waals surface area contributed by atoms with Gasteiger partial charge in [-0.05, 0) is 18.9 Å². The van der Waals surface area contributed by atoms with Gasteiger partial charge >= 0.3 is 5.97 Å². The SMILES string of the molecule is CCCn1c(CC)nnc1SCC(=O)Nc1sc(C(=O)N(C)C)c(C)c1C(=O)OC. The molecule has 2 aromatic heterocycles. The molecule has 164 valence electrons. The number of hydrogen-bond donors (Lipinski definition) is 1. The molecular weight excluding hydrogens is 426 g/mol. The molecule has 0 fully saturated rings. The lowest BCUT2D eigenvalue weighted by molar-refractivity contribution is -0.113. The fourth-order valence-electron chi connectivity index (χ4n) is 2.78. The molecule has 2 heterocycles. The van der Waals surface area contributed by atoms with Crippen LogP contribution in [-0.2, 0) is 22.5 Å². The Bertz CT molecular complexity index is 936. The first-order valence-electron chi connectivity index (χ1n) is 9.53. The van der Waals surface area contributed by atoms with Crippen LogP contribution in [0, 0.1) is 6.92 Å². The number of aryl methyl sites for hydroxylation is 1. The van der Waals surface area contributed by atoms with Crippen LogP contribution in [0.4, 0.5) is 5.00 Å². The Hall–Kier alpha value is -2.40. The minimum atomic E-state index is -0.597. The van der Waals surface area contributed by atoms with Crippen molar-refractivity contribution in [2.24, 2.45) is 0 Å². The third-order valence-corrected chi connectivity index (χ3v) is 6.44. The molecule has 0 aromatic carbocycles. The number of nitrogens with one attached hydrogen (secondary N) is 1. The van der Waals surface area contributed by atoms with Gasteiger partial charge in [-0.2, -0.15) is 0 Å². The van der Waals surface area contributed by atoms with Gasteiger partial charge in [0.2, 0.25) is 5.91 Å². The van der Waals surface area contributed by atoms with E-state index < -0.39 is 5.97 Å². The topological polar surface area (TPSA) is 106 Å². The van der Waals surface area contributed by atoms with Crippen molar-refractivity contribution in [3.8, 4) is 0 Å². The normalized spacial score (nSPS) is 10.7. The highest BCUT2D eigenvalue weighted by Crippen LogP contribution is 2.34. The molecule has 0 aliphatic carbocycles. The lowest BCUT2D eigenvalue weighted by Crippen LogP contribution is -2.21. The lowest BCUT2D eigenvalue weighted by Gasteiger charge is -2.08. The number of esters is 1. The zero-order valence-electron chi connectivity index (χ0n) is 18.1. The molecule has 2 aromatic rings. The van der Waals surface area contributed by atoms with Gasteiger partial charge in [-0.3, -0.25) is 9.59 Å². The first-order valence-corrected chi connectivity index (χ1v) is 11.3. The molecule has 0 atom stereocenters. The van der Waals surface area contributed by atoms with E-state index >= 15 is 0 Å². The van der Waals surface area contributed by atoms with Crippen LogP contribution in [0.2, 0.25) is 0 Å². The van der Waals surface area contributed by atoms with E-state index in [0.717, 1.165) is 36.5 Å². The minimum Gasteiger partial charge on any atom is -0.465 e. The average Bonchev–Trinajstić information content (AvgIpc) is 3.25. The maximum Gasteiger partial charge on any atom is 0.341 e. The zero-order valence-corrected chi connectivity index (χ0v) is 19.7. The molecule has 0 aliphatic rings. The van der Waals surface area contributed by atoms with Crippen LogP contribution in [0.1, 0.15) is 51.7 Å². The fraction of sp³-hybridized carbons (Fsp3) is 0.526. The van der Waals surface area contributed by atoms with Gasteiger partial charge < -0.3 is 19.5 Å². The number of carbonyl (C=O) groups is 3. The molecule has 0 unspecified atom stereocenters. The number of rotatable bonds is 9. The van der Waals surface area contributed by atoms with E-state index in [2.05, 4.69) is 22.4 Å². The average molecular weight is 454 g/mol. The maximum absolute atomic E-state index is 12.6. The third-order valence-electron chi connectivity index (χ3n) is 4.28. The standard InChI is InChI=1S/C19H27N5O4S2/c1-7-9-24-12(8-2)21-22-19(24)29-10-13(25)20-16-14(18(27)28-6)11(3)15(30-16)17(26)23(4)5/h7-10H2,1-6H3,(H,20,25). The number of ether oxygens (including phenoxy) is 1. The molecule has 2 rings (SSSR count). The summed E-state index contributed by atoms with van der Waals surface area (Å²) in [5, 5.41) is 12.1. The first-order chi connectivity index (χ1) is 14.2. The summed E-state index contributed by atoms with van der Waals surface area (Å²) in [6.45, 7) is 6.54. The Morgan fingerprint density at radius 3 is 2.50 bits per heavy atom. The summed E-state index contributed by atoms with van der Waals surface area (Å²) in [5.41, 5.74) is 0.692. The second-order valence-corrected chi connectivity index (χ2v) is 8.66. The highest BCUT2D eigenvalue weighted by atomic mass is 32.2. The number of carbonyl (C=O) groups excluding carboxylic acids is 3. The van der Waals surface area contributed by atoms with Gasteiger partial charge in [0.1, 0.15) is 10.8 Å². The van der Waals surface area contributed by atoms with Crippen molar-refractivity contribution in [3.05, 3.63) is 21.8 Å². The van der Waals surface area contributed by atoms with Gasteiger partial charge in [0.15, 0.2) is 5.16 Å². The van der Waals surface area contributed by atoms with Crippen LogP contribution < -0.4 is 5.32 Å². The Labute approximate surface area is 184 Å². The number of amides is 2. The summed E-state index contributed by atoms with van der Waals surface area (Å²) in [6, 6.07) is 0. The van der Waals surface area contributed by atoms with Gasteiger partial charge in [0.25, 0.3) is 5.91 Å². The summed E-state index contributed by atoms with van der Waals surface area (Å²) < 4.78 is 6.86. The van der Waals surface area contributed by atoms with E-state index in [0.29, 0.717) is 20.6 Å². The number of thioether (sulfide) groups is 1. The molecular formula is C19H27N5O4S2. The summed E-state index contributed by atoms with van der Waals surface area (Å²) in [7, 11) is 4.52.